The van der Waals surface area contributed by atoms with Gasteiger partial charge in [0.2, 0.25) is 0 Å². The van der Waals surface area contributed by atoms with Gasteiger partial charge in [-0.2, -0.15) is 0 Å². The van der Waals surface area contributed by atoms with E-state index in [1.807, 2.05) is 18.2 Å². The van der Waals surface area contributed by atoms with Crippen LogP contribution in [-0.4, -0.2) is 52.8 Å². The molecule has 0 radical (unpaired) electrons. The average molecular weight is 487 g/mol. The molecule has 1 aliphatic heterocycles. The van der Waals surface area contributed by atoms with Crippen molar-refractivity contribution in [2.45, 2.75) is 4.90 Å². The number of nitrogens with zero attached hydrogens (tertiary/aromatic N) is 3. The Kier molecular flexibility index (Phi) is 7.19. The van der Waals surface area contributed by atoms with E-state index in [0.717, 1.165) is 10.6 Å². The van der Waals surface area contributed by atoms with Gasteiger partial charge in [0.05, 0.1) is 5.02 Å². The van der Waals surface area contributed by atoms with Crippen molar-refractivity contribution < 1.29 is 9.59 Å². The maximum absolute atomic E-state index is 12.9. The van der Waals surface area contributed by atoms with Crippen LogP contribution < -0.4 is 4.72 Å². The lowest BCUT2D eigenvalue weighted by atomic mass is 10.1. The van der Waals surface area contributed by atoms with Gasteiger partial charge < -0.3 is 14.5 Å². The van der Waals surface area contributed by atoms with Crippen LogP contribution in [0.3, 0.4) is 0 Å². The fraction of sp³-hybridized carbons (Fsp3) is 0.174. The highest BCUT2D eigenvalue weighted by Gasteiger charge is 2.26. The van der Waals surface area contributed by atoms with Crippen LogP contribution in [0.25, 0.3) is 0 Å². The van der Waals surface area contributed by atoms with Crippen molar-refractivity contribution >= 4 is 52.7 Å². The number of halogens is 2. The fourth-order valence-corrected chi connectivity index (χ4v) is 4.48. The highest BCUT2D eigenvalue weighted by atomic mass is 35.5. The van der Waals surface area contributed by atoms with Crippen LogP contribution >= 0.6 is 35.1 Å². The van der Waals surface area contributed by atoms with Gasteiger partial charge in [-0.25, -0.2) is 0 Å². The highest BCUT2D eigenvalue weighted by molar-refractivity contribution is 8.00. The van der Waals surface area contributed by atoms with Crippen LogP contribution in [0.5, 0.6) is 0 Å². The van der Waals surface area contributed by atoms with E-state index in [0.29, 0.717) is 47.5 Å². The van der Waals surface area contributed by atoms with E-state index in [4.69, 9.17) is 23.2 Å². The minimum absolute atomic E-state index is 0.0464. The summed E-state index contributed by atoms with van der Waals surface area (Å²) < 4.78 is 3.21. The predicted molar refractivity (Wildman–Crippen MR) is 128 cm³/mol. The van der Waals surface area contributed by atoms with Crippen molar-refractivity contribution in [1.82, 2.24) is 14.8 Å². The Labute approximate surface area is 200 Å². The standard InChI is InChI=1S/C23H20Cl2N4O2S/c24-17-6-9-21(19(25)15-17)32-27-18-7-4-16(5-8-18)22(30)28-11-13-29(14-12-28)23(31)20-3-1-2-10-26-20/h1-10,15,27H,11-14H2. The van der Waals surface area contributed by atoms with E-state index in [2.05, 4.69) is 9.71 Å². The van der Waals surface area contributed by atoms with Crippen molar-refractivity contribution in [2.24, 2.45) is 0 Å². The third kappa shape index (κ3) is 5.35. The van der Waals surface area contributed by atoms with Crippen molar-refractivity contribution in [3.63, 3.8) is 0 Å². The second-order valence-corrected chi connectivity index (χ2v) is 8.85. The quantitative estimate of drug-likeness (QED) is 0.507. The van der Waals surface area contributed by atoms with Crippen LogP contribution in [0.1, 0.15) is 20.8 Å². The van der Waals surface area contributed by atoms with Crippen LogP contribution in [0.2, 0.25) is 10.0 Å². The summed E-state index contributed by atoms with van der Waals surface area (Å²) in [7, 11) is 0. The first-order valence-electron chi connectivity index (χ1n) is 9.99. The molecule has 1 aliphatic rings. The van der Waals surface area contributed by atoms with Crippen LogP contribution in [0.15, 0.2) is 71.8 Å². The Bertz CT molecular complexity index is 1100. The lowest BCUT2D eigenvalue weighted by Crippen LogP contribution is -2.50. The summed E-state index contributed by atoms with van der Waals surface area (Å²) in [5, 5.41) is 1.16. The zero-order valence-corrected chi connectivity index (χ0v) is 19.3. The van der Waals surface area contributed by atoms with Gasteiger partial charge in [-0.3, -0.25) is 14.6 Å². The monoisotopic (exact) mass is 486 g/mol. The van der Waals surface area contributed by atoms with E-state index in [9.17, 15) is 9.59 Å². The van der Waals surface area contributed by atoms with Crippen molar-refractivity contribution in [2.75, 3.05) is 30.9 Å². The Balaban J connectivity index is 1.31. The number of piperazine rings is 1. The van der Waals surface area contributed by atoms with E-state index in [-0.39, 0.29) is 11.8 Å². The first-order chi connectivity index (χ1) is 15.5. The van der Waals surface area contributed by atoms with E-state index in [1.54, 1.807) is 58.5 Å². The SMILES string of the molecule is O=C(c1ccc(NSc2ccc(Cl)cc2Cl)cc1)N1CCN(C(=O)c2ccccn2)CC1. The van der Waals surface area contributed by atoms with Gasteiger partial charge in [-0.05, 0) is 66.5 Å². The van der Waals surface area contributed by atoms with E-state index >= 15 is 0 Å². The van der Waals surface area contributed by atoms with Crippen LogP contribution in [-0.2, 0) is 0 Å². The molecule has 0 bridgehead atoms. The van der Waals surface area contributed by atoms with Crippen molar-refractivity contribution in [3.8, 4) is 0 Å². The van der Waals surface area contributed by atoms with Crippen LogP contribution in [0.4, 0.5) is 5.69 Å². The topological polar surface area (TPSA) is 65.5 Å². The molecule has 2 aromatic carbocycles. The number of carbonyl (C=O) groups is 2. The molecule has 4 rings (SSSR count). The molecule has 1 aromatic heterocycles. The highest BCUT2D eigenvalue weighted by Crippen LogP contribution is 2.30. The number of benzene rings is 2. The number of nitrogens with one attached hydrogen (secondary N) is 1. The first kappa shape index (κ1) is 22.5. The summed E-state index contributed by atoms with van der Waals surface area (Å²) in [5.74, 6) is -0.152. The number of hydrogen-bond donors (Lipinski definition) is 1. The molecule has 0 atom stereocenters. The number of pyridine rings is 1. The second-order valence-electron chi connectivity index (χ2n) is 7.16. The van der Waals surface area contributed by atoms with Gasteiger partial charge in [0.15, 0.2) is 0 Å². The zero-order valence-electron chi connectivity index (χ0n) is 17.0. The summed E-state index contributed by atoms with van der Waals surface area (Å²) in [6.07, 6.45) is 1.61. The number of rotatable bonds is 5. The van der Waals surface area contributed by atoms with Gasteiger partial charge >= 0.3 is 0 Å². The molecule has 1 saturated heterocycles. The second kappa shape index (κ2) is 10.3. The van der Waals surface area contributed by atoms with Gasteiger partial charge in [0.1, 0.15) is 5.69 Å². The molecule has 6 nitrogen and oxygen atoms in total. The molecular formula is C23H20Cl2N4O2S. The van der Waals surface area contributed by atoms with Crippen LogP contribution in [0, 0.1) is 0 Å². The largest absolute Gasteiger partial charge is 0.335 e. The Morgan fingerprint density at radius 1 is 0.875 bits per heavy atom. The Morgan fingerprint density at radius 2 is 1.56 bits per heavy atom. The number of anilines is 1. The number of amides is 2. The molecule has 0 spiro atoms. The maximum atomic E-state index is 12.9. The third-order valence-corrected chi connectivity index (χ3v) is 6.62. The maximum Gasteiger partial charge on any atom is 0.272 e. The van der Waals surface area contributed by atoms with Gasteiger partial charge in [0.25, 0.3) is 11.8 Å². The molecule has 1 N–H and O–H groups in total. The molecular weight excluding hydrogens is 467 g/mol. The number of carbonyl (C=O) groups excluding carboxylic acids is 2. The molecule has 32 heavy (non-hydrogen) atoms. The third-order valence-electron chi connectivity index (χ3n) is 5.04. The normalized spacial score (nSPS) is 13.7. The summed E-state index contributed by atoms with van der Waals surface area (Å²) >= 11 is 13.5. The summed E-state index contributed by atoms with van der Waals surface area (Å²) in [6, 6.07) is 17.9. The zero-order chi connectivity index (χ0) is 22.5. The lowest BCUT2D eigenvalue weighted by molar-refractivity contribution is 0.0532. The van der Waals surface area contributed by atoms with Gasteiger partial charge in [0, 0.05) is 53.5 Å². The summed E-state index contributed by atoms with van der Waals surface area (Å²) in [4.78, 5) is 33.9. The van der Waals surface area contributed by atoms with Gasteiger partial charge in [-0.15, -0.1) is 0 Å². The molecule has 0 saturated carbocycles. The van der Waals surface area contributed by atoms with E-state index in [1.165, 1.54) is 11.9 Å². The molecule has 2 heterocycles. The minimum atomic E-state index is -0.105. The predicted octanol–water partition coefficient (Wildman–Crippen LogP) is 5.11. The number of aromatic nitrogens is 1. The Morgan fingerprint density at radius 3 is 2.19 bits per heavy atom. The van der Waals surface area contributed by atoms with Gasteiger partial charge in [-0.1, -0.05) is 29.3 Å². The average Bonchev–Trinajstić information content (AvgIpc) is 2.83. The first-order valence-corrected chi connectivity index (χ1v) is 11.6. The Hall–Kier alpha value is -2.74. The minimum Gasteiger partial charge on any atom is -0.335 e. The van der Waals surface area contributed by atoms with Crippen molar-refractivity contribution in [1.29, 1.82) is 0 Å². The lowest BCUT2D eigenvalue weighted by Gasteiger charge is -2.34. The number of hydrogen-bond acceptors (Lipinski definition) is 5. The molecule has 164 valence electrons. The van der Waals surface area contributed by atoms with Crippen molar-refractivity contribution in [3.05, 3.63) is 88.2 Å². The fourth-order valence-electron chi connectivity index (χ4n) is 3.30. The molecule has 0 aliphatic carbocycles. The molecule has 1 fully saturated rings. The smallest absolute Gasteiger partial charge is 0.272 e. The summed E-state index contributed by atoms with van der Waals surface area (Å²) in [5.41, 5.74) is 1.88. The molecule has 9 heteroatoms. The molecule has 2 amide bonds. The van der Waals surface area contributed by atoms with E-state index < -0.39 is 0 Å². The summed E-state index contributed by atoms with van der Waals surface area (Å²) in [6.45, 7) is 1.95. The molecule has 3 aromatic rings. The molecule has 0 unspecified atom stereocenters.